The lowest BCUT2D eigenvalue weighted by molar-refractivity contribution is -0.115. The first-order chi connectivity index (χ1) is 13.1. The molecule has 1 N–H and O–H groups in total. The number of anilines is 1. The zero-order chi connectivity index (χ0) is 19.2. The quantitative estimate of drug-likeness (QED) is 0.499. The summed E-state index contributed by atoms with van der Waals surface area (Å²) in [7, 11) is 1.57. The van der Waals surface area contributed by atoms with E-state index < -0.39 is 0 Å². The SMILES string of the molecule is CCn1c(SCCC(=O)Nc2ccccc2OC)nc2ccccc2c1=O. The van der Waals surface area contributed by atoms with Crippen LogP contribution in [0.5, 0.6) is 5.75 Å². The van der Waals surface area contributed by atoms with Crippen molar-refractivity contribution in [2.45, 2.75) is 25.0 Å². The largest absolute Gasteiger partial charge is 0.495 e. The minimum Gasteiger partial charge on any atom is -0.495 e. The van der Waals surface area contributed by atoms with Crippen LogP contribution >= 0.6 is 11.8 Å². The van der Waals surface area contributed by atoms with E-state index in [0.29, 0.717) is 46.2 Å². The maximum atomic E-state index is 12.6. The molecule has 140 valence electrons. The minimum atomic E-state index is -0.113. The minimum absolute atomic E-state index is 0.0518. The van der Waals surface area contributed by atoms with E-state index in [1.165, 1.54) is 11.8 Å². The van der Waals surface area contributed by atoms with Crippen molar-refractivity contribution in [3.8, 4) is 5.75 Å². The van der Waals surface area contributed by atoms with Gasteiger partial charge in [0.25, 0.3) is 5.56 Å². The van der Waals surface area contributed by atoms with E-state index in [9.17, 15) is 9.59 Å². The molecule has 3 rings (SSSR count). The molecule has 0 unspecified atom stereocenters. The van der Waals surface area contributed by atoms with Gasteiger partial charge in [0, 0.05) is 18.7 Å². The number of aromatic nitrogens is 2. The van der Waals surface area contributed by atoms with Crippen molar-refractivity contribution in [3.05, 3.63) is 58.9 Å². The van der Waals surface area contributed by atoms with Gasteiger partial charge in [-0.2, -0.15) is 0 Å². The van der Waals surface area contributed by atoms with Gasteiger partial charge in [-0.15, -0.1) is 0 Å². The summed E-state index contributed by atoms with van der Waals surface area (Å²) in [4.78, 5) is 29.4. The Balaban J connectivity index is 1.68. The van der Waals surface area contributed by atoms with Crippen molar-refractivity contribution < 1.29 is 9.53 Å². The molecule has 3 aromatic rings. The van der Waals surface area contributed by atoms with Crippen molar-refractivity contribution in [1.82, 2.24) is 9.55 Å². The summed E-state index contributed by atoms with van der Waals surface area (Å²) >= 11 is 1.41. The number of rotatable bonds is 7. The van der Waals surface area contributed by atoms with Crippen LogP contribution in [0.1, 0.15) is 13.3 Å². The molecule has 0 aliphatic heterocycles. The fourth-order valence-electron chi connectivity index (χ4n) is 2.73. The predicted octanol–water partition coefficient (Wildman–Crippen LogP) is 3.55. The number of nitrogens with one attached hydrogen (secondary N) is 1. The van der Waals surface area contributed by atoms with Crippen molar-refractivity contribution in [1.29, 1.82) is 0 Å². The first-order valence-corrected chi connectivity index (χ1v) is 9.68. The van der Waals surface area contributed by atoms with Crippen LogP contribution in [0, 0.1) is 0 Å². The highest BCUT2D eigenvalue weighted by molar-refractivity contribution is 7.99. The van der Waals surface area contributed by atoms with Crippen LogP contribution in [0.2, 0.25) is 0 Å². The molecular formula is C20H21N3O3S. The van der Waals surface area contributed by atoms with Crippen LogP contribution in [0.15, 0.2) is 58.5 Å². The van der Waals surface area contributed by atoms with Gasteiger partial charge >= 0.3 is 0 Å². The zero-order valence-corrected chi connectivity index (χ0v) is 16.1. The number of ether oxygens (including phenoxy) is 1. The first kappa shape index (κ1) is 19.0. The molecule has 2 aromatic carbocycles. The highest BCUT2D eigenvalue weighted by Crippen LogP contribution is 2.24. The molecule has 0 fully saturated rings. The molecule has 1 amide bonds. The summed E-state index contributed by atoms with van der Waals surface area (Å²) in [5, 5.41) is 4.09. The van der Waals surface area contributed by atoms with Crippen molar-refractivity contribution >= 4 is 34.3 Å². The Bertz CT molecular complexity index is 1020. The normalized spacial score (nSPS) is 10.7. The van der Waals surface area contributed by atoms with Gasteiger partial charge in [0.05, 0.1) is 23.7 Å². The van der Waals surface area contributed by atoms with Gasteiger partial charge in [-0.05, 0) is 31.2 Å². The molecule has 0 aliphatic carbocycles. The average molecular weight is 383 g/mol. The molecule has 0 spiro atoms. The molecular weight excluding hydrogens is 362 g/mol. The lowest BCUT2D eigenvalue weighted by Gasteiger charge is -2.12. The predicted molar refractivity (Wildman–Crippen MR) is 109 cm³/mol. The van der Waals surface area contributed by atoms with Crippen molar-refractivity contribution in [2.75, 3.05) is 18.2 Å². The van der Waals surface area contributed by atoms with E-state index in [0.717, 1.165) is 0 Å². The standard InChI is InChI=1S/C20H21N3O3S/c1-3-23-19(25)14-8-4-5-9-15(14)22-20(23)27-13-12-18(24)21-16-10-6-7-11-17(16)26-2/h4-11H,3,12-13H2,1-2H3,(H,21,24). The number of amides is 1. The van der Waals surface area contributed by atoms with Crippen molar-refractivity contribution in [3.63, 3.8) is 0 Å². The highest BCUT2D eigenvalue weighted by Gasteiger charge is 2.12. The Kier molecular flexibility index (Phi) is 6.13. The van der Waals surface area contributed by atoms with Crippen LogP contribution < -0.4 is 15.6 Å². The summed E-state index contributed by atoms with van der Waals surface area (Å²) in [6.07, 6.45) is 0.301. The third-order valence-electron chi connectivity index (χ3n) is 4.08. The van der Waals surface area contributed by atoms with Crippen LogP contribution in [-0.2, 0) is 11.3 Å². The average Bonchev–Trinajstić information content (AvgIpc) is 2.69. The van der Waals surface area contributed by atoms with Gasteiger partial charge in [-0.1, -0.05) is 36.0 Å². The number of benzene rings is 2. The van der Waals surface area contributed by atoms with Gasteiger partial charge in [-0.25, -0.2) is 4.98 Å². The summed E-state index contributed by atoms with van der Waals surface area (Å²) in [6, 6.07) is 14.6. The number of carbonyl (C=O) groups is 1. The maximum Gasteiger partial charge on any atom is 0.262 e. The van der Waals surface area contributed by atoms with Crippen LogP contribution in [-0.4, -0.2) is 28.3 Å². The van der Waals surface area contributed by atoms with E-state index >= 15 is 0 Å². The molecule has 0 bridgehead atoms. The molecule has 0 radical (unpaired) electrons. The second-order valence-corrected chi connectivity index (χ2v) is 6.87. The van der Waals surface area contributed by atoms with Crippen LogP contribution in [0.25, 0.3) is 10.9 Å². The Labute approximate surface area is 161 Å². The molecule has 1 heterocycles. The first-order valence-electron chi connectivity index (χ1n) is 8.69. The summed E-state index contributed by atoms with van der Waals surface area (Å²) in [6.45, 7) is 2.45. The molecule has 0 saturated carbocycles. The molecule has 6 nitrogen and oxygen atoms in total. The van der Waals surface area contributed by atoms with Gasteiger partial charge in [0.1, 0.15) is 5.75 Å². The molecule has 7 heteroatoms. The Morgan fingerprint density at radius 3 is 2.70 bits per heavy atom. The molecule has 27 heavy (non-hydrogen) atoms. The highest BCUT2D eigenvalue weighted by atomic mass is 32.2. The topological polar surface area (TPSA) is 73.2 Å². The Morgan fingerprint density at radius 2 is 1.93 bits per heavy atom. The fraction of sp³-hybridized carbons (Fsp3) is 0.250. The van der Waals surface area contributed by atoms with Crippen LogP contribution in [0.4, 0.5) is 5.69 Å². The molecule has 0 saturated heterocycles. The smallest absolute Gasteiger partial charge is 0.262 e. The Morgan fingerprint density at radius 1 is 1.19 bits per heavy atom. The monoisotopic (exact) mass is 383 g/mol. The van der Waals surface area contributed by atoms with Crippen LogP contribution in [0.3, 0.4) is 0 Å². The second-order valence-electron chi connectivity index (χ2n) is 5.81. The van der Waals surface area contributed by atoms with Gasteiger partial charge in [-0.3, -0.25) is 14.2 Å². The van der Waals surface area contributed by atoms with E-state index in [4.69, 9.17) is 4.74 Å². The number of methoxy groups -OCH3 is 1. The van der Waals surface area contributed by atoms with E-state index in [2.05, 4.69) is 10.3 Å². The molecule has 1 aromatic heterocycles. The van der Waals surface area contributed by atoms with Gasteiger partial charge in [0.2, 0.25) is 5.91 Å². The summed E-state index contributed by atoms with van der Waals surface area (Å²) in [5.74, 6) is 1.03. The number of carbonyl (C=O) groups excluding carboxylic acids is 1. The van der Waals surface area contributed by atoms with Gasteiger partial charge in [0.15, 0.2) is 5.16 Å². The molecule has 0 aliphatic rings. The number of hydrogen-bond donors (Lipinski definition) is 1. The fourth-order valence-corrected chi connectivity index (χ4v) is 3.73. The van der Waals surface area contributed by atoms with E-state index in [-0.39, 0.29) is 11.5 Å². The third-order valence-corrected chi connectivity index (χ3v) is 5.06. The summed E-state index contributed by atoms with van der Waals surface area (Å²) < 4.78 is 6.88. The number of para-hydroxylation sites is 3. The van der Waals surface area contributed by atoms with Gasteiger partial charge < -0.3 is 10.1 Å². The second kappa shape index (κ2) is 8.73. The lowest BCUT2D eigenvalue weighted by Crippen LogP contribution is -2.22. The van der Waals surface area contributed by atoms with E-state index in [1.54, 1.807) is 29.9 Å². The van der Waals surface area contributed by atoms with Crippen molar-refractivity contribution in [2.24, 2.45) is 0 Å². The number of nitrogens with zero attached hydrogens (tertiary/aromatic N) is 2. The number of hydrogen-bond acceptors (Lipinski definition) is 5. The maximum absolute atomic E-state index is 12.6. The number of thioether (sulfide) groups is 1. The summed E-state index contributed by atoms with van der Waals surface area (Å²) in [5.41, 5.74) is 1.27. The van der Waals surface area contributed by atoms with E-state index in [1.807, 2.05) is 37.3 Å². The Hall–Kier alpha value is -2.80. The molecule has 0 atom stereocenters. The zero-order valence-electron chi connectivity index (χ0n) is 15.3. The third kappa shape index (κ3) is 4.31. The lowest BCUT2D eigenvalue weighted by atomic mass is 10.2. The number of fused-ring (bicyclic) bond motifs is 1.